The Hall–Kier alpha value is -2.18. The van der Waals surface area contributed by atoms with Crippen LogP contribution in [0, 0.1) is 0 Å². The van der Waals surface area contributed by atoms with E-state index in [4.69, 9.17) is 4.74 Å². The highest BCUT2D eigenvalue weighted by Gasteiger charge is 2.15. The van der Waals surface area contributed by atoms with Gasteiger partial charge in [-0.3, -0.25) is 9.00 Å². The molecule has 0 aliphatic carbocycles. The molecular weight excluding hydrogens is 316 g/mol. The Morgan fingerprint density at radius 3 is 2.65 bits per heavy atom. The molecule has 1 N–H and O–H groups in total. The molecule has 0 heterocycles. The monoisotopic (exact) mass is 333 g/mol. The van der Waals surface area contributed by atoms with Gasteiger partial charge in [0, 0.05) is 10.5 Å². The van der Waals surface area contributed by atoms with Crippen LogP contribution in [-0.2, 0) is 24.1 Å². The van der Waals surface area contributed by atoms with Crippen molar-refractivity contribution in [3.8, 4) is 11.5 Å². The van der Waals surface area contributed by atoms with Crippen LogP contribution >= 0.6 is 0 Å². The van der Waals surface area contributed by atoms with Crippen LogP contribution in [0.15, 0.2) is 41.3 Å². The summed E-state index contributed by atoms with van der Waals surface area (Å²) in [6.07, 6.45) is 0.507. The molecule has 0 amide bonds. The first-order chi connectivity index (χ1) is 10.9. The molecule has 2 aromatic rings. The normalized spacial score (nSPS) is 12.0. The molecule has 0 saturated heterocycles. The van der Waals surface area contributed by atoms with Crippen molar-refractivity contribution in [2.45, 2.75) is 31.8 Å². The van der Waals surface area contributed by atoms with E-state index in [0.717, 1.165) is 0 Å². The minimum Gasteiger partial charge on any atom is -0.768 e. The summed E-state index contributed by atoms with van der Waals surface area (Å²) in [5.74, 6) is 0.199. The first kappa shape index (κ1) is 17.2. The fraction of sp³-hybridized carbons (Fsp3) is 0.235. The predicted molar refractivity (Wildman–Crippen MR) is 85.4 cm³/mol. The Morgan fingerprint density at radius 1 is 1.30 bits per heavy atom. The van der Waals surface area contributed by atoms with Crippen LogP contribution in [0.25, 0.3) is 0 Å². The van der Waals surface area contributed by atoms with Gasteiger partial charge in [-0.15, -0.1) is 0 Å². The molecule has 1 atom stereocenters. The number of phenolic OH excluding ortho intramolecular Hbond substituents is 1. The lowest BCUT2D eigenvalue weighted by Crippen LogP contribution is -2.02. The number of Topliss-reactive ketones (excluding diaryl/α,β-unsaturated/α-hetero) is 1. The molecule has 0 aliphatic rings. The maximum Gasteiger partial charge on any atom is 0.163 e. The second-order valence-corrected chi connectivity index (χ2v) is 5.96. The van der Waals surface area contributed by atoms with E-state index in [0.29, 0.717) is 23.3 Å². The summed E-state index contributed by atoms with van der Waals surface area (Å²) in [4.78, 5) is 11.7. The second-order valence-electron chi connectivity index (χ2n) is 5.02. The van der Waals surface area contributed by atoms with E-state index in [1.165, 1.54) is 25.1 Å². The minimum absolute atomic E-state index is 0.0630. The Morgan fingerprint density at radius 2 is 2.04 bits per heavy atom. The van der Waals surface area contributed by atoms with Gasteiger partial charge in [0.2, 0.25) is 0 Å². The van der Waals surface area contributed by atoms with Gasteiger partial charge in [-0.2, -0.15) is 0 Å². The summed E-state index contributed by atoms with van der Waals surface area (Å²) >= 11 is -2.29. The van der Waals surface area contributed by atoms with Crippen LogP contribution in [-0.4, -0.2) is 19.7 Å². The number of ether oxygens (including phenoxy) is 1. The van der Waals surface area contributed by atoms with Crippen molar-refractivity contribution >= 4 is 16.9 Å². The molecule has 5 nitrogen and oxygen atoms in total. The highest BCUT2D eigenvalue weighted by atomic mass is 32.2. The van der Waals surface area contributed by atoms with Gasteiger partial charge in [-0.05, 0) is 54.3 Å². The summed E-state index contributed by atoms with van der Waals surface area (Å²) in [6, 6.07) is 9.59. The van der Waals surface area contributed by atoms with Gasteiger partial charge in [0.25, 0.3) is 0 Å². The van der Waals surface area contributed by atoms with Gasteiger partial charge in [0.15, 0.2) is 5.78 Å². The van der Waals surface area contributed by atoms with Crippen molar-refractivity contribution in [2.24, 2.45) is 0 Å². The lowest BCUT2D eigenvalue weighted by atomic mass is 10.0. The van der Waals surface area contributed by atoms with Crippen molar-refractivity contribution in [3.05, 3.63) is 53.1 Å². The zero-order chi connectivity index (χ0) is 17.0. The smallest absolute Gasteiger partial charge is 0.163 e. The first-order valence-electron chi connectivity index (χ1n) is 7.10. The third-order valence-electron chi connectivity index (χ3n) is 3.46. The highest BCUT2D eigenvalue weighted by molar-refractivity contribution is 7.79. The Balaban J connectivity index is 2.24. The van der Waals surface area contributed by atoms with Crippen LogP contribution in [0.3, 0.4) is 0 Å². The van der Waals surface area contributed by atoms with Crippen LogP contribution in [0.1, 0.15) is 35.3 Å². The van der Waals surface area contributed by atoms with Gasteiger partial charge in [-0.1, -0.05) is 19.1 Å². The number of aromatic hydroxyl groups is 1. The molecule has 0 spiro atoms. The summed E-state index contributed by atoms with van der Waals surface area (Å²) < 4.78 is 27.6. The first-order valence-corrected chi connectivity index (χ1v) is 8.18. The second kappa shape index (κ2) is 7.39. The third-order valence-corrected chi connectivity index (χ3v) is 4.10. The minimum atomic E-state index is -2.29. The molecule has 0 radical (unpaired) electrons. The molecule has 0 fully saturated rings. The van der Waals surface area contributed by atoms with Crippen molar-refractivity contribution in [2.75, 3.05) is 0 Å². The van der Waals surface area contributed by atoms with E-state index < -0.39 is 11.1 Å². The van der Waals surface area contributed by atoms with Crippen LogP contribution in [0.5, 0.6) is 11.5 Å². The fourth-order valence-electron chi connectivity index (χ4n) is 2.28. The molecule has 2 rings (SSSR count). The largest absolute Gasteiger partial charge is 0.768 e. The zero-order valence-corrected chi connectivity index (χ0v) is 13.7. The average Bonchev–Trinajstić information content (AvgIpc) is 2.52. The number of rotatable bonds is 6. The molecule has 6 heteroatoms. The SMILES string of the molecule is CCc1c(OCc2cccc(S(=O)[O-])c2)ccc(C(C)=O)c1O. The number of carbonyl (C=O) groups is 1. The van der Waals surface area contributed by atoms with Crippen molar-refractivity contribution < 1.29 is 23.4 Å². The lowest BCUT2D eigenvalue weighted by molar-refractivity contribution is 0.101. The summed E-state index contributed by atoms with van der Waals surface area (Å²) in [5.41, 5.74) is 1.52. The topological polar surface area (TPSA) is 86.7 Å². The van der Waals surface area contributed by atoms with E-state index in [-0.39, 0.29) is 28.6 Å². The number of benzene rings is 2. The van der Waals surface area contributed by atoms with E-state index in [1.54, 1.807) is 18.2 Å². The van der Waals surface area contributed by atoms with Crippen molar-refractivity contribution in [1.29, 1.82) is 0 Å². The van der Waals surface area contributed by atoms with Gasteiger partial charge in [0.1, 0.15) is 18.1 Å². The summed E-state index contributed by atoms with van der Waals surface area (Å²) in [6.45, 7) is 3.41. The quantitative estimate of drug-likeness (QED) is 0.649. The van der Waals surface area contributed by atoms with E-state index >= 15 is 0 Å². The standard InChI is InChI=1S/C17H18O5S/c1-3-14-16(8-7-15(11(2)18)17(14)19)22-10-12-5-4-6-13(9-12)23(20)21/h4-9,19H,3,10H2,1-2H3,(H,20,21)/p-1. The predicted octanol–water partition coefficient (Wildman–Crippen LogP) is 2.97. The average molecular weight is 333 g/mol. The molecule has 1 unspecified atom stereocenters. The lowest BCUT2D eigenvalue weighted by Gasteiger charge is -2.14. The zero-order valence-electron chi connectivity index (χ0n) is 12.9. The number of ketones is 1. The molecule has 0 saturated carbocycles. The van der Waals surface area contributed by atoms with E-state index in [2.05, 4.69) is 0 Å². The summed E-state index contributed by atoms with van der Waals surface area (Å²) in [5, 5.41) is 10.2. The Kier molecular flexibility index (Phi) is 5.52. The van der Waals surface area contributed by atoms with Gasteiger partial charge < -0.3 is 14.4 Å². The Labute approximate surface area is 137 Å². The maximum atomic E-state index is 11.5. The van der Waals surface area contributed by atoms with Crippen LogP contribution in [0.4, 0.5) is 0 Å². The van der Waals surface area contributed by atoms with Gasteiger partial charge >= 0.3 is 0 Å². The molecule has 0 aromatic heterocycles. The van der Waals surface area contributed by atoms with Crippen molar-refractivity contribution in [1.82, 2.24) is 0 Å². The van der Waals surface area contributed by atoms with Gasteiger partial charge in [-0.25, -0.2) is 0 Å². The third kappa shape index (κ3) is 3.97. The molecule has 122 valence electrons. The molecular formula is C17H17O5S-. The maximum absolute atomic E-state index is 11.5. The molecule has 0 aliphatic heterocycles. The number of phenols is 1. The van der Waals surface area contributed by atoms with E-state index in [9.17, 15) is 18.7 Å². The van der Waals surface area contributed by atoms with Crippen molar-refractivity contribution in [3.63, 3.8) is 0 Å². The fourth-order valence-corrected chi connectivity index (χ4v) is 2.72. The highest BCUT2D eigenvalue weighted by Crippen LogP contribution is 2.32. The van der Waals surface area contributed by atoms with Crippen LogP contribution in [0.2, 0.25) is 0 Å². The number of hydrogen-bond donors (Lipinski definition) is 1. The Bertz CT molecular complexity index is 755. The molecule has 23 heavy (non-hydrogen) atoms. The van der Waals surface area contributed by atoms with Crippen LogP contribution < -0.4 is 4.74 Å². The molecule has 0 bridgehead atoms. The van der Waals surface area contributed by atoms with E-state index in [1.807, 2.05) is 6.92 Å². The van der Waals surface area contributed by atoms with Gasteiger partial charge in [0.05, 0.1) is 5.56 Å². The number of hydrogen-bond acceptors (Lipinski definition) is 5. The summed E-state index contributed by atoms with van der Waals surface area (Å²) in [7, 11) is 0. The number of carbonyl (C=O) groups excluding carboxylic acids is 1. The molecule has 2 aromatic carbocycles.